The zero-order chi connectivity index (χ0) is 16.2. The topological polar surface area (TPSA) is 12.5 Å². The van der Waals surface area contributed by atoms with Gasteiger partial charge in [0.25, 0.3) is 0 Å². The van der Waals surface area contributed by atoms with E-state index in [9.17, 15) is 7.77 Å². The number of aryl methyl sites for hydroxylation is 1. The van der Waals surface area contributed by atoms with Gasteiger partial charge in [0.2, 0.25) is 11.3 Å². The third-order valence-corrected chi connectivity index (χ3v) is 8.56. The van der Waals surface area contributed by atoms with Crippen molar-refractivity contribution in [3.63, 3.8) is 0 Å². The summed E-state index contributed by atoms with van der Waals surface area (Å²) in [6.07, 6.45) is 1.73. The van der Waals surface area contributed by atoms with Crippen LogP contribution in [0, 0.1) is 5.92 Å². The van der Waals surface area contributed by atoms with Crippen molar-refractivity contribution in [2.45, 2.75) is 35.5 Å². The van der Waals surface area contributed by atoms with Crippen molar-refractivity contribution in [1.82, 2.24) is 4.31 Å². The Morgan fingerprint density at radius 2 is 1.91 bits per heavy atom. The van der Waals surface area contributed by atoms with Crippen molar-refractivity contribution in [2.24, 2.45) is 5.92 Å². The summed E-state index contributed by atoms with van der Waals surface area (Å²) in [5.74, 6) is 0.0174. The Balaban J connectivity index is 2.01. The van der Waals surface area contributed by atoms with Gasteiger partial charge in [-0.25, -0.2) is 0 Å². The molecule has 0 heterocycles. The van der Waals surface area contributed by atoms with E-state index >= 15 is 0 Å². The predicted octanol–water partition coefficient (Wildman–Crippen LogP) is 5.71. The first-order valence-electron chi connectivity index (χ1n) is 7.45. The fourth-order valence-corrected chi connectivity index (χ4v) is 7.08. The summed E-state index contributed by atoms with van der Waals surface area (Å²) in [6.45, 7) is 4.03. The zero-order valence-electron chi connectivity index (χ0n) is 12.5. The second kappa shape index (κ2) is 5.69. The van der Waals surface area contributed by atoms with Gasteiger partial charge in [-0.15, -0.1) is 7.77 Å². The van der Waals surface area contributed by atoms with E-state index in [2.05, 4.69) is 31.9 Å². The second-order valence-corrected chi connectivity index (χ2v) is 10.7. The van der Waals surface area contributed by atoms with E-state index < -0.39 is 20.1 Å². The molecule has 0 aliphatic heterocycles. The maximum absolute atomic E-state index is 14.7. The summed E-state index contributed by atoms with van der Waals surface area (Å²) in [5.41, 5.74) is 1.01. The van der Waals surface area contributed by atoms with Gasteiger partial charge in [-0.2, -0.15) is 4.31 Å². The SMILES string of the molecule is CCN(CC)S(F)(F)OC12c3ccccc3CCC1C2(Br)Br. The molecule has 1 aromatic carbocycles. The van der Waals surface area contributed by atoms with Crippen LogP contribution in [0.4, 0.5) is 7.77 Å². The minimum absolute atomic E-state index is 0.0174. The van der Waals surface area contributed by atoms with Crippen LogP contribution in [-0.2, 0) is 16.2 Å². The summed E-state index contributed by atoms with van der Waals surface area (Å²) < 4.78 is 35.6. The fourth-order valence-electron chi connectivity index (χ4n) is 3.49. The van der Waals surface area contributed by atoms with Crippen LogP contribution in [0.5, 0.6) is 0 Å². The first-order chi connectivity index (χ1) is 10.3. The molecule has 0 N–H and O–H groups in total. The third-order valence-electron chi connectivity index (χ3n) is 4.70. The highest BCUT2D eigenvalue weighted by Gasteiger charge is 2.80. The normalized spacial score (nSPS) is 29.9. The standard InChI is InChI=1S/C15H19Br2F2NOS/c1-3-20(4-2)22(18,19)21-14-12-8-6-5-7-11(12)9-10-13(14)15(14,16)17/h5-8,13H,3-4,9-10H2,1-2H3. The predicted molar refractivity (Wildman–Crippen MR) is 94.3 cm³/mol. The fraction of sp³-hybridized carbons (Fsp3) is 0.600. The average molecular weight is 459 g/mol. The van der Waals surface area contributed by atoms with Gasteiger partial charge in [0.1, 0.15) is 8.83 Å². The first-order valence-corrected chi connectivity index (χ1v) is 10.4. The van der Waals surface area contributed by atoms with Crippen molar-refractivity contribution < 1.29 is 12.0 Å². The van der Waals surface area contributed by atoms with E-state index in [-0.39, 0.29) is 19.0 Å². The smallest absolute Gasteiger partial charge is 0.242 e. The van der Waals surface area contributed by atoms with Crippen molar-refractivity contribution in [3.8, 4) is 0 Å². The van der Waals surface area contributed by atoms with Gasteiger partial charge in [-0.05, 0) is 24.0 Å². The molecule has 3 rings (SSSR count). The van der Waals surface area contributed by atoms with Crippen LogP contribution >= 0.6 is 43.1 Å². The summed E-state index contributed by atoms with van der Waals surface area (Å²) in [6, 6.07) is 7.78. The van der Waals surface area contributed by atoms with Crippen molar-refractivity contribution in [2.75, 3.05) is 13.1 Å². The third kappa shape index (κ3) is 2.31. The lowest BCUT2D eigenvalue weighted by Gasteiger charge is -2.37. The Labute approximate surface area is 149 Å². The molecule has 0 bridgehead atoms. The maximum atomic E-state index is 14.7. The van der Waals surface area contributed by atoms with E-state index in [0.717, 1.165) is 28.3 Å². The molecule has 22 heavy (non-hydrogen) atoms. The first kappa shape index (κ1) is 17.1. The second-order valence-electron chi connectivity index (χ2n) is 5.70. The number of rotatable bonds is 5. The lowest BCUT2D eigenvalue weighted by Crippen LogP contribution is -2.31. The molecule has 0 radical (unpaired) electrons. The molecule has 0 aromatic heterocycles. The van der Waals surface area contributed by atoms with Crippen LogP contribution < -0.4 is 0 Å². The van der Waals surface area contributed by atoms with Crippen molar-refractivity contribution >= 4 is 43.1 Å². The summed E-state index contributed by atoms with van der Waals surface area (Å²) in [7, 11) is 0. The molecule has 0 spiro atoms. The molecule has 2 aliphatic carbocycles. The van der Waals surface area contributed by atoms with Gasteiger partial charge in [0.15, 0.2) is 0 Å². The van der Waals surface area contributed by atoms with Gasteiger partial charge in [-0.1, -0.05) is 70.0 Å². The van der Waals surface area contributed by atoms with Crippen LogP contribution in [0.3, 0.4) is 0 Å². The summed E-state index contributed by atoms with van der Waals surface area (Å²) in [4.78, 5) is 0. The molecule has 2 aliphatic rings. The number of nitrogens with zero attached hydrogens (tertiary/aromatic N) is 1. The molecule has 124 valence electrons. The highest BCUT2D eigenvalue weighted by atomic mass is 79.9. The molecule has 2 unspecified atom stereocenters. The largest absolute Gasteiger partial charge is 0.259 e. The number of benzene rings is 1. The molecule has 1 fully saturated rings. The lowest BCUT2D eigenvalue weighted by molar-refractivity contribution is 0.135. The number of hydrogen-bond acceptors (Lipinski definition) is 2. The van der Waals surface area contributed by atoms with Crippen molar-refractivity contribution in [1.29, 1.82) is 0 Å². The van der Waals surface area contributed by atoms with Crippen LogP contribution in [0.1, 0.15) is 31.4 Å². The Bertz CT molecular complexity index is 582. The highest BCUT2D eigenvalue weighted by molar-refractivity contribution is 9.25. The molecule has 2 nitrogen and oxygen atoms in total. The van der Waals surface area contributed by atoms with Crippen LogP contribution in [0.15, 0.2) is 24.3 Å². The van der Waals surface area contributed by atoms with E-state index in [1.54, 1.807) is 13.8 Å². The molecule has 1 aromatic rings. The number of hydrogen-bond donors (Lipinski definition) is 0. The van der Waals surface area contributed by atoms with Crippen molar-refractivity contribution in [3.05, 3.63) is 35.4 Å². The van der Waals surface area contributed by atoms with Gasteiger partial charge < -0.3 is 0 Å². The Morgan fingerprint density at radius 3 is 2.55 bits per heavy atom. The summed E-state index contributed by atoms with van der Waals surface area (Å²) >= 11 is 2.93. The lowest BCUT2D eigenvalue weighted by atomic mass is 9.89. The monoisotopic (exact) mass is 457 g/mol. The molecule has 1 saturated carbocycles. The van der Waals surface area contributed by atoms with E-state index in [1.165, 1.54) is 0 Å². The summed E-state index contributed by atoms with van der Waals surface area (Å²) in [5, 5.41) is 0. The quantitative estimate of drug-likeness (QED) is 0.524. The van der Waals surface area contributed by atoms with E-state index in [0.29, 0.717) is 0 Å². The molecule has 0 amide bonds. The molecular weight excluding hydrogens is 440 g/mol. The number of alkyl halides is 2. The molecule has 0 saturated heterocycles. The van der Waals surface area contributed by atoms with Gasteiger partial charge >= 0.3 is 0 Å². The van der Waals surface area contributed by atoms with E-state index in [1.807, 2.05) is 24.3 Å². The average Bonchev–Trinajstić information content (AvgIpc) is 2.95. The number of fused-ring (bicyclic) bond motifs is 3. The van der Waals surface area contributed by atoms with Gasteiger partial charge in [0.05, 0.1) is 0 Å². The number of halogens is 4. The van der Waals surface area contributed by atoms with Crippen LogP contribution in [0.25, 0.3) is 0 Å². The minimum Gasteiger partial charge on any atom is -0.259 e. The van der Waals surface area contributed by atoms with E-state index in [4.69, 9.17) is 4.18 Å². The maximum Gasteiger partial charge on any atom is 0.242 e. The molecule has 2 atom stereocenters. The highest BCUT2D eigenvalue weighted by Crippen LogP contribution is 2.80. The Hall–Kier alpha value is 0.310. The van der Waals surface area contributed by atoms with Gasteiger partial charge in [0, 0.05) is 19.0 Å². The van der Waals surface area contributed by atoms with Crippen LogP contribution in [0.2, 0.25) is 0 Å². The Kier molecular flexibility index (Phi) is 4.43. The van der Waals surface area contributed by atoms with Gasteiger partial charge in [-0.3, -0.25) is 4.18 Å². The van der Waals surface area contributed by atoms with Crippen LogP contribution in [-0.4, -0.2) is 20.6 Å². The minimum atomic E-state index is -4.28. The Morgan fingerprint density at radius 1 is 1.27 bits per heavy atom. The molecular formula is C15H19Br2F2NOS. The molecule has 7 heteroatoms. The zero-order valence-corrected chi connectivity index (χ0v) is 16.5.